The molecule has 0 bridgehead atoms. The van der Waals surface area contributed by atoms with Crippen LogP contribution in [0.4, 0.5) is 4.79 Å². The van der Waals surface area contributed by atoms with Crippen LogP contribution in [0, 0.1) is 11.3 Å². The van der Waals surface area contributed by atoms with Crippen molar-refractivity contribution in [1.82, 2.24) is 10.2 Å². The van der Waals surface area contributed by atoms with Gasteiger partial charge in [0, 0.05) is 11.6 Å². The van der Waals surface area contributed by atoms with Gasteiger partial charge in [-0.2, -0.15) is 5.26 Å². The molecule has 8 nitrogen and oxygen atoms in total. The summed E-state index contributed by atoms with van der Waals surface area (Å²) in [5.74, 6) is -0.750. The van der Waals surface area contributed by atoms with Crippen molar-refractivity contribution in [1.29, 1.82) is 5.26 Å². The van der Waals surface area contributed by atoms with Crippen LogP contribution < -0.4 is 14.8 Å². The number of hydrogen-bond donors (Lipinski definition) is 1. The van der Waals surface area contributed by atoms with Crippen molar-refractivity contribution in [3.63, 3.8) is 0 Å². The first-order valence-electron chi connectivity index (χ1n) is 11.9. The quantitative estimate of drug-likeness (QED) is 0.418. The Kier molecular flexibility index (Phi) is 7.91. The largest absolute Gasteiger partial charge is 0.490 e. The second-order valence-corrected chi connectivity index (χ2v) is 9.01. The highest BCUT2D eigenvalue weighted by Crippen LogP contribution is 2.38. The van der Waals surface area contributed by atoms with Crippen molar-refractivity contribution in [3.8, 4) is 17.6 Å². The average Bonchev–Trinajstić information content (AvgIpc) is 2.87. The zero-order valence-corrected chi connectivity index (χ0v) is 20.6. The molecule has 0 unspecified atom stereocenters. The number of carbonyl (C=O) groups is 3. The molecule has 1 aliphatic carbocycles. The molecule has 4 amide bonds. The minimum atomic E-state index is -0.750. The number of halogens is 1. The lowest BCUT2D eigenvalue weighted by atomic mass is 9.93. The average molecular weight is 508 g/mol. The van der Waals surface area contributed by atoms with E-state index in [9.17, 15) is 19.6 Å². The van der Waals surface area contributed by atoms with E-state index in [0.29, 0.717) is 29.0 Å². The second kappa shape index (κ2) is 11.3. The van der Waals surface area contributed by atoms with Gasteiger partial charge < -0.3 is 9.47 Å². The maximum atomic E-state index is 13.2. The Morgan fingerprint density at radius 1 is 1.14 bits per heavy atom. The number of nitrogens with zero attached hydrogens (tertiary/aromatic N) is 2. The van der Waals surface area contributed by atoms with Crippen molar-refractivity contribution >= 4 is 35.5 Å². The number of urea groups is 1. The van der Waals surface area contributed by atoms with Gasteiger partial charge in [0.05, 0.1) is 23.3 Å². The SMILES string of the molecule is CCOc1cc(/C=C2/C(=O)NC(=O)N(C3CCCCC3)C2=O)cc(Cl)c1OCc1ccccc1C#N. The highest BCUT2D eigenvalue weighted by Gasteiger charge is 2.40. The van der Waals surface area contributed by atoms with Gasteiger partial charge in [-0.05, 0) is 49.6 Å². The summed E-state index contributed by atoms with van der Waals surface area (Å²) in [6.45, 7) is 2.23. The summed E-state index contributed by atoms with van der Waals surface area (Å²) < 4.78 is 11.6. The lowest BCUT2D eigenvalue weighted by Gasteiger charge is -2.35. The van der Waals surface area contributed by atoms with E-state index in [1.54, 1.807) is 37.3 Å². The van der Waals surface area contributed by atoms with Crippen molar-refractivity contribution in [2.24, 2.45) is 0 Å². The van der Waals surface area contributed by atoms with Gasteiger partial charge in [0.2, 0.25) is 0 Å². The summed E-state index contributed by atoms with van der Waals surface area (Å²) in [6, 6.07) is 11.5. The fourth-order valence-electron chi connectivity index (χ4n) is 4.49. The van der Waals surface area contributed by atoms with E-state index in [1.807, 2.05) is 6.07 Å². The summed E-state index contributed by atoms with van der Waals surface area (Å²) >= 11 is 6.52. The van der Waals surface area contributed by atoms with E-state index in [4.69, 9.17) is 21.1 Å². The van der Waals surface area contributed by atoms with Crippen LogP contribution in [0.3, 0.4) is 0 Å². The first-order valence-corrected chi connectivity index (χ1v) is 12.3. The Balaban J connectivity index is 1.63. The van der Waals surface area contributed by atoms with Crippen molar-refractivity contribution in [2.75, 3.05) is 6.61 Å². The number of nitriles is 1. The number of ether oxygens (including phenoxy) is 2. The molecule has 1 N–H and O–H groups in total. The molecule has 1 saturated heterocycles. The van der Waals surface area contributed by atoms with Crippen molar-refractivity contribution in [2.45, 2.75) is 51.7 Å². The zero-order valence-electron chi connectivity index (χ0n) is 19.9. The highest BCUT2D eigenvalue weighted by molar-refractivity contribution is 6.33. The van der Waals surface area contributed by atoms with Gasteiger partial charge in [-0.15, -0.1) is 0 Å². The predicted octanol–water partition coefficient (Wildman–Crippen LogP) is 4.98. The van der Waals surface area contributed by atoms with Crippen molar-refractivity contribution in [3.05, 3.63) is 63.7 Å². The van der Waals surface area contributed by atoms with Crippen LogP contribution in [-0.2, 0) is 16.2 Å². The molecule has 9 heteroatoms. The molecule has 0 spiro atoms. The summed E-state index contributed by atoms with van der Waals surface area (Å²) in [7, 11) is 0. The molecule has 36 heavy (non-hydrogen) atoms. The summed E-state index contributed by atoms with van der Waals surface area (Å²) in [5, 5.41) is 11.8. The third-order valence-corrected chi connectivity index (χ3v) is 6.51. The first kappa shape index (κ1) is 25.3. The molecular weight excluding hydrogens is 482 g/mol. The van der Waals surface area contributed by atoms with Gasteiger partial charge in [-0.1, -0.05) is 49.1 Å². The summed E-state index contributed by atoms with van der Waals surface area (Å²) in [6.07, 6.45) is 5.79. The zero-order chi connectivity index (χ0) is 25.7. The van der Waals surface area contributed by atoms with E-state index < -0.39 is 17.8 Å². The van der Waals surface area contributed by atoms with Gasteiger partial charge in [0.15, 0.2) is 11.5 Å². The third-order valence-electron chi connectivity index (χ3n) is 6.23. The van der Waals surface area contributed by atoms with Crippen LogP contribution in [0.1, 0.15) is 55.7 Å². The smallest absolute Gasteiger partial charge is 0.331 e. The van der Waals surface area contributed by atoms with Crippen LogP contribution in [0.2, 0.25) is 5.02 Å². The Bertz CT molecular complexity index is 1260. The molecule has 0 aromatic heterocycles. The molecule has 0 radical (unpaired) electrons. The van der Waals surface area contributed by atoms with Gasteiger partial charge >= 0.3 is 6.03 Å². The Morgan fingerprint density at radius 3 is 2.61 bits per heavy atom. The van der Waals surface area contributed by atoms with E-state index in [-0.39, 0.29) is 29.0 Å². The van der Waals surface area contributed by atoms with E-state index in [1.165, 1.54) is 11.0 Å². The third kappa shape index (κ3) is 5.37. The number of nitrogens with one attached hydrogen (secondary N) is 1. The number of hydrogen-bond acceptors (Lipinski definition) is 6. The number of benzene rings is 2. The molecule has 2 aromatic rings. The van der Waals surface area contributed by atoms with Crippen LogP contribution >= 0.6 is 11.6 Å². The fraction of sp³-hybridized carbons (Fsp3) is 0.333. The molecular formula is C27H26ClN3O5. The maximum Gasteiger partial charge on any atom is 0.331 e. The Labute approximate surface area is 214 Å². The van der Waals surface area contributed by atoms with E-state index >= 15 is 0 Å². The minimum absolute atomic E-state index is 0.101. The molecule has 2 aliphatic rings. The standard InChI is InChI=1S/C27H26ClN3O5/c1-2-35-23-14-17(13-22(28)24(23)36-16-19-9-7-6-8-18(19)15-29)12-21-25(32)30-27(34)31(26(21)33)20-10-4-3-5-11-20/h6-9,12-14,20H,2-5,10-11,16H2,1H3,(H,30,32,34)/b21-12-. The number of carbonyl (C=O) groups excluding carboxylic acids is 3. The Hall–Kier alpha value is -3.83. The molecule has 1 heterocycles. The maximum absolute atomic E-state index is 13.2. The van der Waals surface area contributed by atoms with Gasteiger partial charge in [-0.3, -0.25) is 19.8 Å². The number of amides is 4. The fourth-order valence-corrected chi connectivity index (χ4v) is 4.76. The molecule has 4 rings (SSSR count). The summed E-state index contributed by atoms with van der Waals surface area (Å²) in [5.41, 5.74) is 1.49. The lowest BCUT2D eigenvalue weighted by molar-refractivity contribution is -0.132. The van der Waals surface area contributed by atoms with Gasteiger partial charge in [0.25, 0.3) is 11.8 Å². The van der Waals surface area contributed by atoms with Gasteiger partial charge in [-0.25, -0.2) is 4.79 Å². The molecule has 1 aliphatic heterocycles. The first-order chi connectivity index (χ1) is 17.4. The Morgan fingerprint density at radius 2 is 1.89 bits per heavy atom. The molecule has 186 valence electrons. The van der Waals surface area contributed by atoms with Crippen LogP contribution in [0.15, 0.2) is 42.0 Å². The normalized spacial score (nSPS) is 17.6. The number of rotatable bonds is 7. The molecule has 2 fully saturated rings. The van der Waals surface area contributed by atoms with E-state index in [2.05, 4.69) is 11.4 Å². The van der Waals surface area contributed by atoms with Crippen LogP contribution in [0.5, 0.6) is 11.5 Å². The molecule has 2 aromatic carbocycles. The lowest BCUT2D eigenvalue weighted by Crippen LogP contribution is -2.58. The minimum Gasteiger partial charge on any atom is -0.490 e. The molecule has 0 atom stereocenters. The van der Waals surface area contributed by atoms with Crippen LogP contribution in [0.25, 0.3) is 6.08 Å². The van der Waals surface area contributed by atoms with E-state index in [0.717, 1.165) is 32.1 Å². The monoisotopic (exact) mass is 507 g/mol. The van der Waals surface area contributed by atoms with Crippen molar-refractivity contribution < 1.29 is 23.9 Å². The topological polar surface area (TPSA) is 109 Å². The predicted molar refractivity (Wildman–Crippen MR) is 133 cm³/mol. The number of imide groups is 2. The molecule has 1 saturated carbocycles. The number of barbiturate groups is 1. The second-order valence-electron chi connectivity index (χ2n) is 8.60. The van der Waals surface area contributed by atoms with Crippen LogP contribution in [-0.4, -0.2) is 35.4 Å². The highest BCUT2D eigenvalue weighted by atomic mass is 35.5. The van der Waals surface area contributed by atoms with Gasteiger partial charge in [0.1, 0.15) is 12.2 Å². The summed E-state index contributed by atoms with van der Waals surface area (Å²) in [4.78, 5) is 39.4.